The third-order valence-corrected chi connectivity index (χ3v) is 3.18. The first-order chi connectivity index (χ1) is 13.1. The van der Waals surface area contributed by atoms with E-state index in [1.807, 2.05) is 5.43 Å². The van der Waals surface area contributed by atoms with Crippen molar-refractivity contribution in [3.8, 4) is 5.75 Å². The third-order valence-electron chi connectivity index (χ3n) is 3.18. The van der Waals surface area contributed by atoms with Gasteiger partial charge in [-0.2, -0.15) is 0 Å². The SMILES string of the molecule is C=CCOc1ccc(/C=C/C(=O)NNC(=O)C(=O)NCc2ccco2)cc1. The number of rotatable bonds is 7. The van der Waals surface area contributed by atoms with E-state index in [0.29, 0.717) is 18.1 Å². The van der Waals surface area contributed by atoms with Crippen molar-refractivity contribution in [2.24, 2.45) is 0 Å². The van der Waals surface area contributed by atoms with Crippen molar-refractivity contribution in [1.29, 1.82) is 0 Å². The molecule has 0 saturated heterocycles. The summed E-state index contributed by atoms with van der Waals surface area (Å²) in [6.45, 7) is 4.04. The highest BCUT2D eigenvalue weighted by Gasteiger charge is 2.13. The minimum absolute atomic E-state index is 0.0691. The molecule has 2 aromatic rings. The summed E-state index contributed by atoms with van der Waals surface area (Å²) >= 11 is 0. The molecule has 2 rings (SSSR count). The maximum atomic E-state index is 11.7. The Balaban J connectivity index is 1.72. The van der Waals surface area contributed by atoms with Gasteiger partial charge >= 0.3 is 11.8 Å². The quantitative estimate of drug-likeness (QED) is 0.295. The fourth-order valence-corrected chi connectivity index (χ4v) is 1.88. The summed E-state index contributed by atoms with van der Waals surface area (Å²) in [6.07, 6.45) is 5.87. The van der Waals surface area contributed by atoms with Gasteiger partial charge in [0, 0.05) is 6.08 Å². The predicted octanol–water partition coefficient (Wildman–Crippen LogP) is 1.32. The minimum Gasteiger partial charge on any atom is -0.490 e. The molecule has 3 N–H and O–H groups in total. The van der Waals surface area contributed by atoms with E-state index >= 15 is 0 Å². The number of amides is 3. The van der Waals surface area contributed by atoms with E-state index in [2.05, 4.69) is 17.3 Å². The van der Waals surface area contributed by atoms with Crippen LogP contribution in [-0.4, -0.2) is 24.3 Å². The van der Waals surface area contributed by atoms with Gasteiger partial charge in [-0.25, -0.2) is 0 Å². The number of ether oxygens (including phenoxy) is 1. The van der Waals surface area contributed by atoms with Crippen LogP contribution in [0.15, 0.2) is 65.8 Å². The van der Waals surface area contributed by atoms with Crippen LogP contribution < -0.4 is 20.9 Å². The summed E-state index contributed by atoms with van der Waals surface area (Å²) < 4.78 is 10.4. The van der Waals surface area contributed by atoms with Crippen molar-refractivity contribution >= 4 is 23.8 Å². The molecule has 27 heavy (non-hydrogen) atoms. The van der Waals surface area contributed by atoms with E-state index in [4.69, 9.17) is 9.15 Å². The molecule has 0 atom stereocenters. The second-order valence-electron chi connectivity index (χ2n) is 5.21. The van der Waals surface area contributed by atoms with Crippen LogP contribution in [0.4, 0.5) is 0 Å². The van der Waals surface area contributed by atoms with Crippen LogP contribution in [0.3, 0.4) is 0 Å². The molecule has 1 aromatic heterocycles. The highest BCUT2D eigenvalue weighted by molar-refractivity contribution is 6.35. The summed E-state index contributed by atoms with van der Waals surface area (Å²) in [6, 6.07) is 10.4. The lowest BCUT2D eigenvalue weighted by Crippen LogP contribution is -2.47. The number of hydrogen-bond acceptors (Lipinski definition) is 5. The van der Waals surface area contributed by atoms with E-state index < -0.39 is 17.7 Å². The summed E-state index contributed by atoms with van der Waals surface area (Å²) in [5.74, 6) is -1.29. The van der Waals surface area contributed by atoms with E-state index in [-0.39, 0.29) is 6.54 Å². The first kappa shape index (κ1) is 19.5. The Morgan fingerprint density at radius 1 is 1.07 bits per heavy atom. The summed E-state index contributed by atoms with van der Waals surface area (Å²) in [5.41, 5.74) is 4.90. The van der Waals surface area contributed by atoms with Crippen LogP contribution in [0.1, 0.15) is 11.3 Å². The van der Waals surface area contributed by atoms with Crippen LogP contribution in [0.2, 0.25) is 0 Å². The van der Waals surface area contributed by atoms with Crippen molar-refractivity contribution in [2.75, 3.05) is 6.61 Å². The van der Waals surface area contributed by atoms with E-state index in [0.717, 1.165) is 5.56 Å². The standard InChI is InChI=1S/C19H19N3O5/c1-2-11-26-15-8-5-14(6-9-15)7-10-17(23)21-22-19(25)18(24)20-13-16-4-3-12-27-16/h2-10,12H,1,11,13H2,(H,20,24)(H,21,23)(H,22,25)/b10-7+. The van der Waals surface area contributed by atoms with Gasteiger partial charge in [-0.1, -0.05) is 24.8 Å². The van der Waals surface area contributed by atoms with Crippen molar-refractivity contribution < 1.29 is 23.5 Å². The minimum atomic E-state index is -0.993. The third kappa shape index (κ3) is 6.91. The zero-order valence-corrected chi connectivity index (χ0v) is 14.4. The van der Waals surface area contributed by atoms with E-state index in [1.165, 1.54) is 12.3 Å². The lowest BCUT2D eigenvalue weighted by atomic mass is 10.2. The Morgan fingerprint density at radius 2 is 1.85 bits per heavy atom. The van der Waals surface area contributed by atoms with Crippen molar-refractivity contribution in [1.82, 2.24) is 16.2 Å². The summed E-state index contributed by atoms with van der Waals surface area (Å²) in [5, 5.41) is 2.35. The number of carbonyl (C=O) groups excluding carboxylic acids is 3. The largest absolute Gasteiger partial charge is 0.490 e. The van der Waals surface area contributed by atoms with Crippen LogP contribution in [0.5, 0.6) is 5.75 Å². The first-order valence-corrected chi connectivity index (χ1v) is 8.01. The average molecular weight is 369 g/mol. The number of carbonyl (C=O) groups is 3. The Labute approximate surface area is 155 Å². The van der Waals surface area contributed by atoms with E-state index in [9.17, 15) is 14.4 Å². The normalized spacial score (nSPS) is 10.2. The number of furan rings is 1. The number of hydrazine groups is 1. The second kappa shape index (κ2) is 10.2. The Morgan fingerprint density at radius 3 is 2.52 bits per heavy atom. The maximum absolute atomic E-state index is 11.7. The van der Waals surface area contributed by atoms with Gasteiger partial charge in [-0.3, -0.25) is 25.2 Å². The van der Waals surface area contributed by atoms with Gasteiger partial charge in [0.1, 0.15) is 18.1 Å². The van der Waals surface area contributed by atoms with Gasteiger partial charge in [-0.05, 0) is 35.9 Å². The van der Waals surface area contributed by atoms with E-state index in [1.54, 1.807) is 48.6 Å². The zero-order valence-electron chi connectivity index (χ0n) is 14.4. The van der Waals surface area contributed by atoms with Gasteiger partial charge in [0.05, 0.1) is 12.8 Å². The van der Waals surface area contributed by atoms with Gasteiger partial charge in [0.25, 0.3) is 5.91 Å². The molecule has 0 aliphatic rings. The molecule has 0 radical (unpaired) electrons. The fourth-order valence-electron chi connectivity index (χ4n) is 1.88. The molecule has 8 nitrogen and oxygen atoms in total. The second-order valence-corrected chi connectivity index (χ2v) is 5.21. The van der Waals surface area contributed by atoms with Crippen LogP contribution in [-0.2, 0) is 20.9 Å². The molecular formula is C19H19N3O5. The molecule has 0 fully saturated rings. The number of nitrogens with one attached hydrogen (secondary N) is 3. The first-order valence-electron chi connectivity index (χ1n) is 8.01. The highest BCUT2D eigenvalue weighted by Crippen LogP contribution is 2.13. The average Bonchev–Trinajstić information content (AvgIpc) is 3.21. The van der Waals surface area contributed by atoms with Crippen molar-refractivity contribution in [3.63, 3.8) is 0 Å². The fraction of sp³-hybridized carbons (Fsp3) is 0.105. The molecule has 0 aliphatic heterocycles. The summed E-state index contributed by atoms with van der Waals surface area (Å²) in [4.78, 5) is 34.9. The number of hydrogen-bond donors (Lipinski definition) is 3. The molecule has 0 saturated carbocycles. The van der Waals surface area contributed by atoms with Crippen LogP contribution >= 0.6 is 0 Å². The van der Waals surface area contributed by atoms with Gasteiger partial charge < -0.3 is 14.5 Å². The molecule has 8 heteroatoms. The summed E-state index contributed by atoms with van der Waals surface area (Å²) in [7, 11) is 0. The Bertz CT molecular complexity index is 810. The lowest BCUT2D eigenvalue weighted by Gasteiger charge is -2.05. The Kier molecular flexibility index (Phi) is 7.40. The molecule has 140 valence electrons. The molecule has 0 aliphatic carbocycles. The Hall–Kier alpha value is -3.81. The molecule has 0 unspecified atom stereocenters. The highest BCUT2D eigenvalue weighted by atomic mass is 16.5. The molecule has 1 heterocycles. The van der Waals surface area contributed by atoms with Crippen LogP contribution in [0.25, 0.3) is 6.08 Å². The van der Waals surface area contributed by atoms with Gasteiger partial charge in [0.2, 0.25) is 0 Å². The topological polar surface area (TPSA) is 110 Å². The predicted molar refractivity (Wildman–Crippen MR) is 98.0 cm³/mol. The molecular weight excluding hydrogens is 350 g/mol. The molecule has 3 amide bonds. The maximum Gasteiger partial charge on any atom is 0.327 e. The van der Waals surface area contributed by atoms with Gasteiger partial charge in [-0.15, -0.1) is 0 Å². The van der Waals surface area contributed by atoms with Crippen molar-refractivity contribution in [2.45, 2.75) is 6.54 Å². The zero-order chi connectivity index (χ0) is 19.5. The molecule has 0 spiro atoms. The van der Waals surface area contributed by atoms with Gasteiger partial charge in [0.15, 0.2) is 0 Å². The number of benzene rings is 1. The lowest BCUT2D eigenvalue weighted by molar-refractivity contribution is -0.140. The molecule has 1 aromatic carbocycles. The van der Waals surface area contributed by atoms with Crippen LogP contribution in [0, 0.1) is 0 Å². The molecule has 0 bridgehead atoms. The smallest absolute Gasteiger partial charge is 0.327 e. The monoisotopic (exact) mass is 369 g/mol. The van der Waals surface area contributed by atoms with Crippen molar-refractivity contribution in [3.05, 3.63) is 72.7 Å².